The van der Waals surface area contributed by atoms with E-state index in [9.17, 15) is 0 Å². The Morgan fingerprint density at radius 1 is 1.25 bits per heavy atom. The zero-order valence-electron chi connectivity index (χ0n) is 10.7. The van der Waals surface area contributed by atoms with Crippen molar-refractivity contribution >= 4 is 0 Å². The highest BCUT2D eigenvalue weighted by Crippen LogP contribution is 2.34. The molecule has 0 aromatic rings. The van der Waals surface area contributed by atoms with Crippen molar-refractivity contribution in [2.75, 3.05) is 13.2 Å². The summed E-state index contributed by atoms with van der Waals surface area (Å²) in [6, 6.07) is 0.814. The lowest BCUT2D eigenvalue weighted by Crippen LogP contribution is -2.30. The van der Waals surface area contributed by atoms with Crippen LogP contribution in [0.25, 0.3) is 0 Å². The van der Waals surface area contributed by atoms with Crippen LogP contribution < -0.4 is 5.32 Å². The molecule has 0 aromatic carbocycles. The first-order valence-electron chi connectivity index (χ1n) is 7.25. The lowest BCUT2D eigenvalue weighted by molar-refractivity contribution is 0.101. The Morgan fingerprint density at radius 3 is 2.75 bits per heavy atom. The average molecular weight is 225 g/mol. The molecule has 1 saturated heterocycles. The Balaban J connectivity index is 1.51. The molecule has 1 N–H and O–H groups in total. The van der Waals surface area contributed by atoms with Crippen molar-refractivity contribution in [3.05, 3.63) is 0 Å². The van der Waals surface area contributed by atoms with E-state index in [1.807, 2.05) is 0 Å². The molecule has 1 aliphatic heterocycles. The van der Waals surface area contributed by atoms with Crippen LogP contribution in [0, 0.1) is 5.92 Å². The monoisotopic (exact) mass is 225 g/mol. The van der Waals surface area contributed by atoms with Gasteiger partial charge in [0, 0.05) is 12.6 Å². The minimum absolute atomic E-state index is 0.596. The van der Waals surface area contributed by atoms with Gasteiger partial charge < -0.3 is 10.1 Å². The van der Waals surface area contributed by atoms with Crippen LogP contribution in [-0.4, -0.2) is 25.3 Å². The van der Waals surface area contributed by atoms with E-state index in [1.165, 1.54) is 51.4 Å². The van der Waals surface area contributed by atoms with Crippen molar-refractivity contribution in [1.82, 2.24) is 5.32 Å². The van der Waals surface area contributed by atoms with Gasteiger partial charge >= 0.3 is 0 Å². The minimum atomic E-state index is 0.596. The molecule has 2 heteroatoms. The summed E-state index contributed by atoms with van der Waals surface area (Å²) in [6.07, 6.45) is 11.5. The topological polar surface area (TPSA) is 21.3 Å². The summed E-state index contributed by atoms with van der Waals surface area (Å²) in [5.41, 5.74) is 0. The molecule has 1 heterocycles. The summed E-state index contributed by atoms with van der Waals surface area (Å²) >= 11 is 0. The van der Waals surface area contributed by atoms with Crippen LogP contribution >= 0.6 is 0 Å². The zero-order chi connectivity index (χ0) is 11.2. The lowest BCUT2D eigenvalue weighted by Gasteiger charge is -2.17. The summed E-state index contributed by atoms with van der Waals surface area (Å²) in [7, 11) is 0. The number of ether oxygens (including phenoxy) is 1. The minimum Gasteiger partial charge on any atom is -0.378 e. The maximum Gasteiger partial charge on any atom is 0.0576 e. The smallest absolute Gasteiger partial charge is 0.0576 e. The van der Waals surface area contributed by atoms with Crippen LogP contribution in [0.1, 0.15) is 58.3 Å². The second-order valence-corrected chi connectivity index (χ2v) is 5.42. The molecule has 2 unspecified atom stereocenters. The van der Waals surface area contributed by atoms with Gasteiger partial charge in [0.25, 0.3) is 0 Å². The van der Waals surface area contributed by atoms with Crippen LogP contribution in [0.5, 0.6) is 0 Å². The van der Waals surface area contributed by atoms with Crippen LogP contribution in [0.2, 0.25) is 0 Å². The molecule has 0 amide bonds. The molecule has 0 bridgehead atoms. The maximum atomic E-state index is 5.65. The van der Waals surface area contributed by atoms with E-state index in [4.69, 9.17) is 4.74 Å². The standard InChI is InChI=1S/C14H27NO/c1-2-15-14(12-9-10-12)8-4-3-6-13-7-5-11-16-13/h12-15H,2-11H2,1H3. The molecule has 2 fully saturated rings. The van der Waals surface area contributed by atoms with Gasteiger partial charge in [0.1, 0.15) is 0 Å². The average Bonchev–Trinajstić information content (AvgIpc) is 3.01. The van der Waals surface area contributed by atoms with Gasteiger partial charge in [-0.25, -0.2) is 0 Å². The van der Waals surface area contributed by atoms with Gasteiger partial charge in [-0.05, 0) is 51.0 Å². The number of nitrogens with one attached hydrogen (secondary N) is 1. The highest BCUT2D eigenvalue weighted by atomic mass is 16.5. The van der Waals surface area contributed by atoms with Gasteiger partial charge in [0.2, 0.25) is 0 Å². The predicted molar refractivity (Wildman–Crippen MR) is 67.6 cm³/mol. The predicted octanol–water partition coefficient (Wildman–Crippen LogP) is 3.11. The maximum absolute atomic E-state index is 5.65. The zero-order valence-corrected chi connectivity index (χ0v) is 10.7. The third-order valence-corrected chi connectivity index (χ3v) is 3.97. The van der Waals surface area contributed by atoms with Crippen molar-refractivity contribution in [3.8, 4) is 0 Å². The van der Waals surface area contributed by atoms with E-state index in [1.54, 1.807) is 0 Å². The van der Waals surface area contributed by atoms with Crippen LogP contribution in [-0.2, 0) is 4.74 Å². The first-order valence-corrected chi connectivity index (χ1v) is 7.25. The van der Waals surface area contributed by atoms with E-state index in [-0.39, 0.29) is 0 Å². The first-order chi connectivity index (χ1) is 7.90. The van der Waals surface area contributed by atoms with Crippen molar-refractivity contribution < 1.29 is 4.74 Å². The molecule has 2 nitrogen and oxygen atoms in total. The first kappa shape index (κ1) is 12.4. The second-order valence-electron chi connectivity index (χ2n) is 5.42. The largest absolute Gasteiger partial charge is 0.378 e. The Morgan fingerprint density at radius 2 is 2.12 bits per heavy atom. The van der Waals surface area contributed by atoms with E-state index in [2.05, 4.69) is 12.2 Å². The van der Waals surface area contributed by atoms with E-state index < -0.39 is 0 Å². The van der Waals surface area contributed by atoms with Crippen LogP contribution in [0.15, 0.2) is 0 Å². The van der Waals surface area contributed by atoms with Gasteiger partial charge in [0.15, 0.2) is 0 Å². The summed E-state index contributed by atoms with van der Waals surface area (Å²) in [5, 5.41) is 3.64. The molecule has 2 atom stereocenters. The van der Waals surface area contributed by atoms with Gasteiger partial charge in [-0.15, -0.1) is 0 Å². The molecule has 0 spiro atoms. The highest BCUT2D eigenvalue weighted by molar-refractivity contribution is 4.86. The Labute approximate surface area is 100 Å². The number of rotatable bonds is 8. The van der Waals surface area contributed by atoms with Crippen LogP contribution in [0.3, 0.4) is 0 Å². The Kier molecular flexibility index (Phi) is 5.11. The van der Waals surface area contributed by atoms with E-state index >= 15 is 0 Å². The quantitative estimate of drug-likeness (QED) is 0.641. The molecule has 0 radical (unpaired) electrons. The van der Waals surface area contributed by atoms with Gasteiger partial charge in [-0.1, -0.05) is 19.8 Å². The van der Waals surface area contributed by atoms with E-state index in [0.29, 0.717) is 6.10 Å². The molecular formula is C14H27NO. The normalized spacial score (nSPS) is 27.2. The van der Waals surface area contributed by atoms with Crippen LogP contribution in [0.4, 0.5) is 0 Å². The number of hydrogen-bond acceptors (Lipinski definition) is 2. The number of unbranched alkanes of at least 4 members (excludes halogenated alkanes) is 1. The summed E-state index contributed by atoms with van der Waals surface area (Å²) < 4.78 is 5.65. The van der Waals surface area contributed by atoms with Crippen molar-refractivity contribution in [2.24, 2.45) is 5.92 Å². The number of hydrogen-bond donors (Lipinski definition) is 1. The highest BCUT2D eigenvalue weighted by Gasteiger charge is 2.29. The summed E-state index contributed by atoms with van der Waals surface area (Å²) in [6.45, 7) is 4.36. The Hall–Kier alpha value is -0.0800. The molecule has 2 aliphatic rings. The van der Waals surface area contributed by atoms with Crippen molar-refractivity contribution in [3.63, 3.8) is 0 Å². The molecule has 94 valence electrons. The van der Waals surface area contributed by atoms with Crippen molar-refractivity contribution in [2.45, 2.75) is 70.4 Å². The summed E-state index contributed by atoms with van der Waals surface area (Å²) in [4.78, 5) is 0. The molecule has 2 rings (SSSR count). The SMILES string of the molecule is CCNC(CCCCC1CCCO1)C1CC1. The lowest BCUT2D eigenvalue weighted by atomic mass is 10.0. The van der Waals surface area contributed by atoms with Crippen molar-refractivity contribution in [1.29, 1.82) is 0 Å². The molecule has 1 saturated carbocycles. The van der Waals surface area contributed by atoms with Gasteiger partial charge in [-0.2, -0.15) is 0 Å². The van der Waals surface area contributed by atoms with Gasteiger partial charge in [-0.3, -0.25) is 0 Å². The molecule has 1 aliphatic carbocycles. The molecule has 0 aromatic heterocycles. The fraction of sp³-hybridized carbons (Fsp3) is 1.00. The van der Waals surface area contributed by atoms with E-state index in [0.717, 1.165) is 25.1 Å². The Bertz CT molecular complexity index is 185. The molecular weight excluding hydrogens is 198 g/mol. The molecule has 16 heavy (non-hydrogen) atoms. The third-order valence-electron chi connectivity index (χ3n) is 3.97. The third kappa shape index (κ3) is 4.06. The summed E-state index contributed by atoms with van der Waals surface area (Å²) in [5.74, 6) is 1.00. The fourth-order valence-corrected chi connectivity index (χ4v) is 2.87. The fourth-order valence-electron chi connectivity index (χ4n) is 2.87. The van der Waals surface area contributed by atoms with Gasteiger partial charge in [0.05, 0.1) is 6.10 Å². The second kappa shape index (κ2) is 6.61.